The number of pyridine rings is 1. The van der Waals surface area contributed by atoms with E-state index in [9.17, 15) is 0 Å². The number of H-pyrrole nitrogens is 1. The molecule has 3 aromatic heterocycles. The number of hydrogen-bond acceptors (Lipinski definition) is 7. The van der Waals surface area contributed by atoms with Crippen LogP contribution in [0.4, 0.5) is 5.82 Å². The molecule has 6 rings (SSSR count). The van der Waals surface area contributed by atoms with Gasteiger partial charge in [-0.2, -0.15) is 0 Å². The highest BCUT2D eigenvalue weighted by molar-refractivity contribution is 5.78. The zero-order valence-corrected chi connectivity index (χ0v) is 23.1. The van der Waals surface area contributed by atoms with Gasteiger partial charge in [-0.05, 0) is 55.4 Å². The molecular formula is C30H37N7O. The molecule has 0 fully saturated rings. The Hall–Kier alpha value is -3.52. The second-order valence-corrected chi connectivity index (χ2v) is 11.8. The first kappa shape index (κ1) is 24.8. The number of fused-ring (bicyclic) bond motifs is 3. The van der Waals surface area contributed by atoms with E-state index in [1.807, 2.05) is 13.1 Å². The molecule has 0 bridgehead atoms. The summed E-state index contributed by atoms with van der Waals surface area (Å²) in [6.45, 7) is 13.8. The molecule has 8 heteroatoms. The second kappa shape index (κ2) is 9.66. The normalized spacial score (nSPS) is 16.7. The van der Waals surface area contributed by atoms with Gasteiger partial charge in [0.15, 0.2) is 5.65 Å². The minimum Gasteiger partial charge on any atom is -0.491 e. The Bertz CT molecular complexity index is 1490. The van der Waals surface area contributed by atoms with Gasteiger partial charge < -0.3 is 19.9 Å². The van der Waals surface area contributed by atoms with Crippen LogP contribution in [0.3, 0.4) is 0 Å². The lowest BCUT2D eigenvalue weighted by Crippen LogP contribution is -2.33. The van der Waals surface area contributed by atoms with Crippen LogP contribution in [0.15, 0.2) is 30.5 Å². The number of aryl methyl sites for hydroxylation is 2. The molecule has 0 radical (unpaired) electrons. The molecule has 4 aromatic rings. The average molecular weight is 512 g/mol. The lowest BCUT2D eigenvalue weighted by Gasteiger charge is -2.34. The molecule has 0 saturated carbocycles. The summed E-state index contributed by atoms with van der Waals surface area (Å²) in [5.41, 5.74) is 7.78. The Morgan fingerprint density at radius 1 is 1.13 bits per heavy atom. The van der Waals surface area contributed by atoms with Crippen LogP contribution in [0.5, 0.6) is 5.75 Å². The van der Waals surface area contributed by atoms with Crippen LogP contribution in [0.2, 0.25) is 0 Å². The topological polar surface area (TPSA) is 91.9 Å². The van der Waals surface area contributed by atoms with E-state index in [0.717, 1.165) is 83.4 Å². The summed E-state index contributed by atoms with van der Waals surface area (Å²) in [7, 11) is 0. The van der Waals surface area contributed by atoms with Gasteiger partial charge >= 0.3 is 0 Å². The van der Waals surface area contributed by atoms with Crippen molar-refractivity contribution in [3.05, 3.63) is 58.9 Å². The van der Waals surface area contributed by atoms with Gasteiger partial charge in [-0.25, -0.2) is 19.9 Å². The summed E-state index contributed by atoms with van der Waals surface area (Å²) in [5, 5.41) is 3.50. The maximum absolute atomic E-state index is 6.23. The lowest BCUT2D eigenvalue weighted by molar-refractivity contribution is 0.310. The molecule has 0 amide bonds. The van der Waals surface area contributed by atoms with Crippen LogP contribution >= 0.6 is 0 Å². The molecule has 8 nitrogen and oxygen atoms in total. The molecule has 2 N–H and O–H groups in total. The fraction of sp³-hybridized carbons (Fsp3) is 0.467. The van der Waals surface area contributed by atoms with E-state index in [4.69, 9.17) is 14.7 Å². The number of nitrogens with one attached hydrogen (secondary N) is 2. The molecule has 1 aliphatic heterocycles. The van der Waals surface area contributed by atoms with Crippen LogP contribution in [-0.4, -0.2) is 44.1 Å². The molecular weight excluding hydrogens is 474 g/mol. The molecule has 4 heterocycles. The molecule has 0 spiro atoms. The van der Waals surface area contributed by atoms with Gasteiger partial charge in [-0.3, -0.25) is 0 Å². The van der Waals surface area contributed by atoms with Crippen molar-refractivity contribution in [3.63, 3.8) is 0 Å². The molecule has 1 aromatic carbocycles. The van der Waals surface area contributed by atoms with Gasteiger partial charge in [0.05, 0.1) is 18.6 Å². The first-order valence-corrected chi connectivity index (χ1v) is 13.7. The third kappa shape index (κ3) is 4.97. The summed E-state index contributed by atoms with van der Waals surface area (Å²) in [6.07, 6.45) is 5.04. The summed E-state index contributed by atoms with van der Waals surface area (Å²) in [5.74, 6) is 3.75. The Morgan fingerprint density at radius 2 is 2.00 bits per heavy atom. The number of aromatic amines is 1. The maximum atomic E-state index is 6.23. The highest BCUT2D eigenvalue weighted by Crippen LogP contribution is 2.39. The molecule has 2 aliphatic rings. The van der Waals surface area contributed by atoms with Gasteiger partial charge in [0.1, 0.15) is 29.8 Å². The summed E-state index contributed by atoms with van der Waals surface area (Å²) < 4.78 is 6.23. The standard InChI is InChI=1S/C30H37N7O/c1-18(2)31-16-27-35-24-8-9-30(4,5)14-23(24)29(36-27)37-10-11-38-26-7-6-20(12-22(26)17-37)21-13-25-28(32-15-21)34-19(3)33-25/h6-7,12-13,15,18,31H,8-11,14,16-17H2,1-5H3,(H,32,33,34). The third-order valence-corrected chi connectivity index (χ3v) is 7.61. The Balaban J connectivity index is 1.36. The number of benzene rings is 1. The van der Waals surface area contributed by atoms with Crippen LogP contribution in [-0.2, 0) is 25.9 Å². The third-order valence-electron chi connectivity index (χ3n) is 7.61. The van der Waals surface area contributed by atoms with Gasteiger partial charge in [-0.15, -0.1) is 0 Å². The van der Waals surface area contributed by atoms with E-state index < -0.39 is 0 Å². The fourth-order valence-corrected chi connectivity index (χ4v) is 5.55. The summed E-state index contributed by atoms with van der Waals surface area (Å²) >= 11 is 0. The van der Waals surface area contributed by atoms with Crippen molar-refractivity contribution in [1.29, 1.82) is 0 Å². The zero-order chi connectivity index (χ0) is 26.4. The number of rotatable bonds is 5. The number of imidazole rings is 1. The monoisotopic (exact) mass is 511 g/mol. The second-order valence-electron chi connectivity index (χ2n) is 11.8. The van der Waals surface area contributed by atoms with Crippen molar-refractivity contribution in [3.8, 4) is 16.9 Å². The molecule has 38 heavy (non-hydrogen) atoms. The van der Waals surface area contributed by atoms with Crippen LogP contribution in [0.1, 0.15) is 62.6 Å². The van der Waals surface area contributed by atoms with Crippen molar-refractivity contribution in [2.24, 2.45) is 5.41 Å². The molecule has 1 aliphatic carbocycles. The SMILES string of the molecule is Cc1nc2ncc(-c3ccc4c(c3)CN(c3nc(CNC(C)C)nc5c3CC(C)(C)CC5)CCO4)cc2[nH]1. The number of anilines is 1. The van der Waals surface area contributed by atoms with E-state index in [-0.39, 0.29) is 5.41 Å². The predicted octanol–water partition coefficient (Wildman–Crippen LogP) is 5.14. The van der Waals surface area contributed by atoms with E-state index in [2.05, 4.69) is 77.1 Å². The van der Waals surface area contributed by atoms with Gasteiger partial charge in [0, 0.05) is 41.2 Å². The highest BCUT2D eigenvalue weighted by atomic mass is 16.5. The van der Waals surface area contributed by atoms with E-state index >= 15 is 0 Å². The largest absolute Gasteiger partial charge is 0.491 e. The number of aromatic nitrogens is 5. The molecule has 0 saturated heterocycles. The average Bonchev–Trinajstić information content (AvgIpc) is 3.12. The van der Waals surface area contributed by atoms with E-state index in [1.54, 1.807) is 0 Å². The Kier molecular flexibility index (Phi) is 6.30. The van der Waals surface area contributed by atoms with Crippen LogP contribution in [0.25, 0.3) is 22.3 Å². The van der Waals surface area contributed by atoms with Crippen LogP contribution < -0.4 is 15.0 Å². The number of ether oxygens (including phenoxy) is 1. The zero-order valence-electron chi connectivity index (χ0n) is 23.1. The first-order valence-electron chi connectivity index (χ1n) is 13.7. The smallest absolute Gasteiger partial charge is 0.177 e. The minimum atomic E-state index is 0.243. The van der Waals surface area contributed by atoms with Crippen molar-refractivity contribution in [2.45, 2.75) is 73.0 Å². The first-order chi connectivity index (χ1) is 18.2. The fourth-order valence-electron chi connectivity index (χ4n) is 5.55. The maximum Gasteiger partial charge on any atom is 0.177 e. The Labute approximate surface area is 224 Å². The highest BCUT2D eigenvalue weighted by Gasteiger charge is 2.31. The number of nitrogens with zero attached hydrogens (tertiary/aromatic N) is 5. The summed E-state index contributed by atoms with van der Waals surface area (Å²) in [4.78, 5) is 24.9. The van der Waals surface area contributed by atoms with Crippen LogP contribution in [0, 0.1) is 12.3 Å². The molecule has 0 atom stereocenters. The van der Waals surface area contributed by atoms with Crippen molar-refractivity contribution < 1.29 is 4.74 Å². The molecule has 198 valence electrons. The minimum absolute atomic E-state index is 0.243. The lowest BCUT2D eigenvalue weighted by atomic mass is 9.76. The predicted molar refractivity (Wildman–Crippen MR) is 150 cm³/mol. The van der Waals surface area contributed by atoms with Gasteiger partial charge in [-0.1, -0.05) is 33.8 Å². The van der Waals surface area contributed by atoms with Crippen molar-refractivity contribution in [2.75, 3.05) is 18.1 Å². The van der Waals surface area contributed by atoms with Gasteiger partial charge in [0.2, 0.25) is 0 Å². The van der Waals surface area contributed by atoms with E-state index in [0.29, 0.717) is 19.2 Å². The molecule has 0 unspecified atom stereocenters. The Morgan fingerprint density at radius 3 is 2.84 bits per heavy atom. The summed E-state index contributed by atoms with van der Waals surface area (Å²) in [6, 6.07) is 8.95. The quantitative estimate of drug-likeness (QED) is 0.384. The number of hydrogen-bond donors (Lipinski definition) is 2. The van der Waals surface area contributed by atoms with Crippen molar-refractivity contribution in [1.82, 2.24) is 30.2 Å². The van der Waals surface area contributed by atoms with Crippen molar-refractivity contribution >= 4 is 17.0 Å². The van der Waals surface area contributed by atoms with Gasteiger partial charge in [0.25, 0.3) is 0 Å². The van der Waals surface area contributed by atoms with E-state index in [1.165, 1.54) is 11.3 Å².